The summed E-state index contributed by atoms with van der Waals surface area (Å²) in [5.41, 5.74) is 0. The van der Waals surface area contributed by atoms with Crippen molar-refractivity contribution in [3.8, 4) is 0 Å². The topological polar surface area (TPSA) is 65.3 Å². The molecule has 0 aliphatic heterocycles. The van der Waals surface area contributed by atoms with Gasteiger partial charge < -0.3 is 15.3 Å². The summed E-state index contributed by atoms with van der Waals surface area (Å²) in [6.45, 7) is -1.53. The molecule has 106 valence electrons. The number of amides is 1. The van der Waals surface area contributed by atoms with Gasteiger partial charge in [-0.3, -0.25) is 0 Å². The van der Waals surface area contributed by atoms with Gasteiger partial charge in [-0.15, -0.1) is 0 Å². The third kappa shape index (κ3) is 6.75. The fraction of sp³-hybridized carbons (Fsp3) is 0.400. The summed E-state index contributed by atoms with van der Waals surface area (Å²) < 4.78 is 39.8. The summed E-state index contributed by atoms with van der Waals surface area (Å²) >= 11 is 1.17. The van der Waals surface area contributed by atoms with Crippen LogP contribution >= 0.6 is 11.8 Å². The molecule has 0 atom stereocenters. The highest BCUT2D eigenvalue weighted by atomic mass is 32.2. The van der Waals surface area contributed by atoms with E-state index in [2.05, 4.69) is 10.1 Å². The van der Waals surface area contributed by atoms with Crippen LogP contribution in [0.15, 0.2) is 29.4 Å². The van der Waals surface area contributed by atoms with Gasteiger partial charge in [0.25, 0.3) is 5.03 Å². The first kappa shape index (κ1) is 15.4. The average molecular weight is 296 g/mol. The normalized spacial score (nSPS) is 11.1. The van der Waals surface area contributed by atoms with Crippen molar-refractivity contribution in [1.29, 1.82) is 0 Å². The molecule has 0 saturated carbocycles. The monoisotopic (exact) mass is 296 g/mol. The minimum absolute atomic E-state index is 0.0935. The van der Waals surface area contributed by atoms with E-state index in [9.17, 15) is 23.2 Å². The number of carbonyl (C=O) groups excluding carboxylic acids is 1. The van der Waals surface area contributed by atoms with Crippen molar-refractivity contribution in [2.45, 2.75) is 11.2 Å². The van der Waals surface area contributed by atoms with Crippen LogP contribution in [0.4, 0.5) is 18.0 Å². The third-order valence-corrected chi connectivity index (χ3v) is 2.80. The number of hydrogen-bond acceptors (Lipinski definition) is 4. The van der Waals surface area contributed by atoms with Crippen LogP contribution in [0.3, 0.4) is 0 Å². The van der Waals surface area contributed by atoms with Gasteiger partial charge in [-0.1, -0.05) is 11.8 Å². The summed E-state index contributed by atoms with van der Waals surface area (Å²) in [6, 6.07) is 4.85. The van der Waals surface area contributed by atoms with E-state index in [0.29, 0.717) is 15.5 Å². The van der Waals surface area contributed by atoms with E-state index in [1.165, 1.54) is 18.0 Å². The zero-order valence-electron chi connectivity index (χ0n) is 9.64. The van der Waals surface area contributed by atoms with Crippen molar-refractivity contribution in [3.05, 3.63) is 29.6 Å². The molecule has 1 aromatic heterocycles. The van der Waals surface area contributed by atoms with Crippen LogP contribution in [-0.2, 0) is 4.74 Å². The highest BCUT2D eigenvalue weighted by Crippen LogP contribution is 2.14. The molecule has 1 amide bonds. The van der Waals surface area contributed by atoms with Gasteiger partial charge in [-0.05, 0) is 6.07 Å². The van der Waals surface area contributed by atoms with Crippen molar-refractivity contribution in [2.75, 3.05) is 18.9 Å². The van der Waals surface area contributed by atoms with E-state index >= 15 is 0 Å². The number of aromatic nitrogens is 1. The molecule has 0 aromatic carbocycles. The maximum Gasteiger partial charge on any atom is 0.422 e. The summed E-state index contributed by atoms with van der Waals surface area (Å²) in [5, 5.41) is 13.8. The van der Waals surface area contributed by atoms with Crippen LogP contribution in [0.25, 0.3) is 0 Å². The predicted molar refractivity (Wildman–Crippen MR) is 61.5 cm³/mol. The second kappa shape index (κ2) is 7.07. The standard InChI is InChI=1S/C10H11F3N2O3S/c11-10(12,13)7-18-9(16)14-4-6-19-8-3-1-2-5-15(8)17/h1-3,5H,4,6-7H2,(H,14,16). The second-order valence-electron chi connectivity index (χ2n) is 3.33. The molecule has 1 aromatic rings. The Kier molecular flexibility index (Phi) is 5.74. The minimum atomic E-state index is -4.54. The fourth-order valence-electron chi connectivity index (χ4n) is 1.03. The van der Waals surface area contributed by atoms with E-state index in [4.69, 9.17) is 0 Å². The summed E-state index contributed by atoms with van der Waals surface area (Å²) in [7, 11) is 0. The number of carbonyl (C=O) groups is 1. The number of alkyl carbamates (subject to hydrolysis) is 1. The Morgan fingerprint density at radius 3 is 2.84 bits per heavy atom. The van der Waals surface area contributed by atoms with E-state index in [1.54, 1.807) is 18.2 Å². The van der Waals surface area contributed by atoms with Gasteiger partial charge in [-0.2, -0.15) is 17.9 Å². The average Bonchev–Trinajstić information content (AvgIpc) is 2.33. The Morgan fingerprint density at radius 2 is 2.21 bits per heavy atom. The molecule has 0 aliphatic rings. The Bertz CT molecular complexity index is 429. The molecule has 0 saturated heterocycles. The number of hydrogen-bond donors (Lipinski definition) is 1. The lowest BCUT2D eigenvalue weighted by atomic mass is 10.5. The van der Waals surface area contributed by atoms with Crippen molar-refractivity contribution in [2.24, 2.45) is 0 Å². The van der Waals surface area contributed by atoms with Crippen LogP contribution < -0.4 is 10.0 Å². The Hall–Kier alpha value is -1.64. The number of pyridine rings is 1. The SMILES string of the molecule is O=C(NCCSc1cccc[n+]1[O-])OCC(F)(F)F. The van der Waals surface area contributed by atoms with Gasteiger partial charge >= 0.3 is 12.3 Å². The lowest BCUT2D eigenvalue weighted by molar-refractivity contribution is -0.645. The van der Waals surface area contributed by atoms with E-state index in [0.717, 1.165) is 0 Å². The number of rotatable bonds is 5. The van der Waals surface area contributed by atoms with Crippen LogP contribution in [0.1, 0.15) is 0 Å². The molecule has 5 nitrogen and oxygen atoms in total. The minimum Gasteiger partial charge on any atom is -0.618 e. The summed E-state index contributed by atoms with van der Waals surface area (Å²) in [4.78, 5) is 10.9. The maximum absolute atomic E-state index is 11.7. The summed E-state index contributed by atoms with van der Waals surface area (Å²) in [6.07, 6.45) is -4.35. The highest BCUT2D eigenvalue weighted by molar-refractivity contribution is 7.99. The number of ether oxygens (including phenoxy) is 1. The number of nitrogens with one attached hydrogen (secondary N) is 1. The quantitative estimate of drug-likeness (QED) is 0.389. The largest absolute Gasteiger partial charge is 0.618 e. The molecule has 1 heterocycles. The number of halogens is 3. The van der Waals surface area contributed by atoms with Crippen molar-refractivity contribution in [1.82, 2.24) is 5.32 Å². The molecule has 0 fully saturated rings. The van der Waals surface area contributed by atoms with Crippen LogP contribution in [-0.4, -0.2) is 31.2 Å². The van der Waals surface area contributed by atoms with Gasteiger partial charge in [0.15, 0.2) is 12.8 Å². The molecular formula is C10H11F3N2O3S. The van der Waals surface area contributed by atoms with Gasteiger partial charge in [0.05, 0.1) is 0 Å². The zero-order chi connectivity index (χ0) is 14.3. The Balaban J connectivity index is 2.17. The number of nitrogens with zero attached hydrogens (tertiary/aromatic N) is 1. The molecule has 0 spiro atoms. The zero-order valence-corrected chi connectivity index (χ0v) is 10.5. The van der Waals surface area contributed by atoms with Crippen molar-refractivity contribution in [3.63, 3.8) is 0 Å². The molecule has 0 bridgehead atoms. The van der Waals surface area contributed by atoms with Gasteiger partial charge in [-0.25, -0.2) is 4.79 Å². The van der Waals surface area contributed by atoms with E-state index in [-0.39, 0.29) is 6.54 Å². The first-order valence-corrected chi connectivity index (χ1v) is 6.15. The highest BCUT2D eigenvalue weighted by Gasteiger charge is 2.29. The maximum atomic E-state index is 11.7. The lowest BCUT2D eigenvalue weighted by Gasteiger charge is -2.08. The molecule has 1 N–H and O–H groups in total. The Labute approximate surface area is 111 Å². The van der Waals surface area contributed by atoms with E-state index < -0.39 is 18.9 Å². The number of alkyl halides is 3. The molecule has 1 rings (SSSR count). The fourth-order valence-corrected chi connectivity index (χ4v) is 1.81. The first-order chi connectivity index (χ1) is 8.88. The van der Waals surface area contributed by atoms with Crippen LogP contribution in [0, 0.1) is 5.21 Å². The van der Waals surface area contributed by atoms with Crippen molar-refractivity contribution < 1.29 is 27.4 Å². The third-order valence-electron chi connectivity index (χ3n) is 1.78. The second-order valence-corrected chi connectivity index (χ2v) is 4.45. The van der Waals surface area contributed by atoms with Gasteiger partial charge in [0, 0.05) is 24.4 Å². The molecule has 0 radical (unpaired) electrons. The molecule has 19 heavy (non-hydrogen) atoms. The van der Waals surface area contributed by atoms with Gasteiger partial charge in [0.2, 0.25) is 0 Å². The van der Waals surface area contributed by atoms with Crippen LogP contribution in [0.2, 0.25) is 0 Å². The van der Waals surface area contributed by atoms with E-state index in [1.807, 2.05) is 0 Å². The number of thioether (sulfide) groups is 1. The molecule has 0 aliphatic carbocycles. The predicted octanol–water partition coefficient (Wildman–Crippen LogP) is 1.70. The van der Waals surface area contributed by atoms with Gasteiger partial charge in [0.1, 0.15) is 0 Å². The molecule has 9 heteroatoms. The lowest BCUT2D eigenvalue weighted by Crippen LogP contribution is -2.31. The van der Waals surface area contributed by atoms with Crippen LogP contribution in [0.5, 0.6) is 0 Å². The summed E-state index contributed by atoms with van der Waals surface area (Å²) in [5.74, 6) is 0.341. The Morgan fingerprint density at radius 1 is 1.47 bits per heavy atom. The molecule has 0 unspecified atom stereocenters. The smallest absolute Gasteiger partial charge is 0.422 e. The molecular weight excluding hydrogens is 285 g/mol. The first-order valence-electron chi connectivity index (χ1n) is 5.17. The van der Waals surface area contributed by atoms with Crippen molar-refractivity contribution >= 4 is 17.9 Å².